The predicted octanol–water partition coefficient (Wildman–Crippen LogP) is 1.69. The van der Waals surface area contributed by atoms with Gasteiger partial charge < -0.3 is 5.21 Å². The summed E-state index contributed by atoms with van der Waals surface area (Å²) in [5.74, 6) is 0. The van der Waals surface area contributed by atoms with Crippen LogP contribution >= 0.6 is 22.6 Å². The van der Waals surface area contributed by atoms with E-state index in [1.165, 1.54) is 0 Å². The summed E-state index contributed by atoms with van der Waals surface area (Å²) in [6, 6.07) is 0. The van der Waals surface area contributed by atoms with Gasteiger partial charge in [-0.2, -0.15) is 0 Å². The summed E-state index contributed by atoms with van der Waals surface area (Å²) in [5, 5.41) is 9.64. The van der Waals surface area contributed by atoms with Gasteiger partial charge in [-0.15, -0.1) is 0 Å². The highest BCUT2D eigenvalue weighted by Gasteiger charge is 2.53. The highest BCUT2D eigenvalue weighted by atomic mass is 127. The molecule has 1 aliphatic heterocycles. The lowest BCUT2D eigenvalue weighted by molar-refractivity contribution is -0.190. The van der Waals surface area contributed by atoms with Gasteiger partial charge in [0.05, 0.1) is 11.1 Å². The molecular weight excluding hydrogens is 253 g/mol. The Morgan fingerprint density at radius 3 is 1.91 bits per heavy atom. The summed E-state index contributed by atoms with van der Waals surface area (Å²) in [7, 11) is 0. The topological polar surface area (TPSA) is 26.1 Å². The minimum atomic E-state index is 0.0318. The Bertz CT molecular complexity index is 167. The first-order valence-corrected chi connectivity index (χ1v) is 5.19. The number of hydrogen-bond donors (Lipinski definition) is 0. The summed E-state index contributed by atoms with van der Waals surface area (Å²) < 4.78 is 0.590. The molecule has 1 unspecified atom stereocenters. The van der Waals surface area contributed by atoms with Gasteiger partial charge in [-0.1, -0.05) is 27.7 Å². The van der Waals surface area contributed by atoms with Gasteiger partial charge in [0.15, 0.2) is 0 Å². The summed E-state index contributed by atoms with van der Waals surface area (Å²) in [5.41, 5.74) is 0.0828. The molecule has 0 aromatic carbocycles. The Hall–Kier alpha value is 0.650. The lowest BCUT2D eigenvalue weighted by Crippen LogP contribution is -2.47. The van der Waals surface area contributed by atoms with E-state index in [1.807, 2.05) is 0 Å². The third kappa shape index (κ3) is 1.42. The zero-order valence-corrected chi connectivity index (χ0v) is 9.77. The molecule has 2 N–H and O–H groups in total. The molecule has 1 heterocycles. The fraction of sp³-hybridized carbons (Fsp3) is 1.00. The third-order valence-electron chi connectivity index (χ3n) is 2.63. The SMILES string of the molecule is CC1(C)CC(I)C(C)(C)N1[OH2+]. The molecule has 1 fully saturated rings. The largest absolute Gasteiger partial charge is 0.338 e. The molecule has 1 rings (SSSR count). The van der Waals surface area contributed by atoms with Crippen LogP contribution in [0.15, 0.2) is 0 Å². The predicted molar refractivity (Wildman–Crippen MR) is 56.0 cm³/mol. The molecule has 0 aromatic heterocycles. The van der Waals surface area contributed by atoms with Crippen LogP contribution in [0.1, 0.15) is 34.1 Å². The van der Waals surface area contributed by atoms with E-state index in [2.05, 4.69) is 50.3 Å². The molecule has 1 aliphatic rings. The van der Waals surface area contributed by atoms with E-state index < -0.39 is 0 Å². The highest BCUT2D eigenvalue weighted by Crippen LogP contribution is 2.42. The quantitative estimate of drug-likeness (QED) is 0.374. The molecule has 0 bridgehead atoms. The summed E-state index contributed by atoms with van der Waals surface area (Å²) >= 11 is 2.45. The van der Waals surface area contributed by atoms with E-state index >= 15 is 0 Å². The molecule has 0 radical (unpaired) electrons. The van der Waals surface area contributed by atoms with E-state index in [9.17, 15) is 0 Å². The molecule has 1 atom stereocenters. The molecule has 0 spiro atoms. The Labute approximate surface area is 82.1 Å². The van der Waals surface area contributed by atoms with Crippen molar-refractivity contribution in [2.45, 2.75) is 49.1 Å². The molecule has 3 heteroatoms. The van der Waals surface area contributed by atoms with E-state index in [0.717, 1.165) is 6.42 Å². The van der Waals surface area contributed by atoms with Crippen molar-refractivity contribution in [2.75, 3.05) is 0 Å². The van der Waals surface area contributed by atoms with E-state index in [-0.39, 0.29) is 11.1 Å². The number of hydroxylamine groups is 2. The number of hydrogen-bond acceptors (Lipinski definition) is 1. The number of halogens is 1. The van der Waals surface area contributed by atoms with Gasteiger partial charge in [0.1, 0.15) is 0 Å². The number of rotatable bonds is 0. The molecule has 1 saturated heterocycles. The molecule has 0 aliphatic carbocycles. The van der Waals surface area contributed by atoms with Crippen LogP contribution < -0.4 is 0 Å². The van der Waals surface area contributed by atoms with Gasteiger partial charge in [-0.25, -0.2) is 0 Å². The van der Waals surface area contributed by atoms with Crippen molar-refractivity contribution in [3.8, 4) is 0 Å². The van der Waals surface area contributed by atoms with Crippen LogP contribution in [0, 0.1) is 0 Å². The Balaban J connectivity index is 2.89. The Morgan fingerprint density at radius 1 is 1.36 bits per heavy atom. The minimum absolute atomic E-state index is 0.0318. The van der Waals surface area contributed by atoms with Crippen LogP contribution in [-0.2, 0) is 0 Å². The van der Waals surface area contributed by atoms with E-state index in [4.69, 9.17) is 5.21 Å². The third-order valence-corrected chi connectivity index (χ3v) is 4.59. The van der Waals surface area contributed by atoms with Gasteiger partial charge in [0.25, 0.3) is 0 Å². The van der Waals surface area contributed by atoms with Crippen molar-refractivity contribution in [1.82, 2.24) is 5.06 Å². The van der Waals surface area contributed by atoms with Gasteiger partial charge in [0, 0.05) is 3.92 Å². The molecule has 2 nitrogen and oxygen atoms in total. The minimum Gasteiger partial charge on any atom is -0.338 e. The second-order valence-electron chi connectivity index (χ2n) is 4.47. The number of alkyl halides is 1. The van der Waals surface area contributed by atoms with E-state index in [1.54, 1.807) is 5.06 Å². The second kappa shape index (κ2) is 2.57. The first kappa shape index (κ1) is 9.74. The first-order chi connectivity index (χ1) is 4.78. The maximum absolute atomic E-state index is 7.90. The first-order valence-electron chi connectivity index (χ1n) is 3.94. The zero-order chi connectivity index (χ0) is 8.86. The van der Waals surface area contributed by atoms with Gasteiger partial charge >= 0.3 is 0 Å². The number of nitrogens with zero attached hydrogens (tertiary/aromatic N) is 1. The Kier molecular flexibility index (Phi) is 2.27. The van der Waals surface area contributed by atoms with Crippen LogP contribution in [0.25, 0.3) is 0 Å². The summed E-state index contributed by atoms with van der Waals surface area (Å²) in [6.45, 7) is 8.57. The fourth-order valence-electron chi connectivity index (χ4n) is 1.70. The van der Waals surface area contributed by atoms with Crippen molar-refractivity contribution in [2.24, 2.45) is 0 Å². The monoisotopic (exact) mass is 270 g/mol. The van der Waals surface area contributed by atoms with Crippen LogP contribution in [0.3, 0.4) is 0 Å². The smallest absolute Gasteiger partial charge is 0.0952 e. The van der Waals surface area contributed by atoms with Crippen molar-refractivity contribution in [3.05, 3.63) is 0 Å². The van der Waals surface area contributed by atoms with Crippen molar-refractivity contribution in [1.29, 1.82) is 0 Å². The van der Waals surface area contributed by atoms with Crippen LogP contribution in [0.4, 0.5) is 0 Å². The molecule has 0 aromatic rings. The second-order valence-corrected chi connectivity index (χ2v) is 5.98. The maximum Gasteiger partial charge on any atom is 0.0952 e. The molecule has 0 saturated carbocycles. The zero-order valence-electron chi connectivity index (χ0n) is 7.61. The van der Waals surface area contributed by atoms with Crippen LogP contribution in [0.2, 0.25) is 0 Å². The maximum atomic E-state index is 7.90. The van der Waals surface area contributed by atoms with Crippen molar-refractivity contribution < 1.29 is 5.21 Å². The van der Waals surface area contributed by atoms with Gasteiger partial charge in [-0.3, -0.25) is 0 Å². The lowest BCUT2D eigenvalue weighted by atomic mass is 10.0. The average Bonchev–Trinajstić information content (AvgIpc) is 1.94. The van der Waals surface area contributed by atoms with Crippen molar-refractivity contribution >= 4 is 22.6 Å². The normalized spacial score (nSPS) is 36.0. The molecule has 66 valence electrons. The molecular formula is C8H17INO+. The van der Waals surface area contributed by atoms with Gasteiger partial charge in [0.2, 0.25) is 0 Å². The van der Waals surface area contributed by atoms with Crippen molar-refractivity contribution in [3.63, 3.8) is 0 Å². The van der Waals surface area contributed by atoms with E-state index in [0.29, 0.717) is 3.92 Å². The molecule has 0 amide bonds. The highest BCUT2D eigenvalue weighted by molar-refractivity contribution is 14.1. The van der Waals surface area contributed by atoms with Gasteiger partial charge in [-0.05, 0) is 34.1 Å². The van der Waals surface area contributed by atoms with Crippen LogP contribution in [-0.4, -0.2) is 25.3 Å². The Morgan fingerprint density at radius 2 is 1.82 bits per heavy atom. The lowest BCUT2D eigenvalue weighted by Gasteiger charge is -2.29. The summed E-state index contributed by atoms with van der Waals surface area (Å²) in [4.78, 5) is 0. The fourth-order valence-corrected chi connectivity index (χ4v) is 3.06. The average molecular weight is 270 g/mol. The standard InChI is InChI=1S/C8H16INO/c1-7(2)5-6(9)8(3,4)10(7)11/h6,11H,5H2,1-4H3/p+1. The van der Waals surface area contributed by atoms with Crippen LogP contribution in [0.5, 0.6) is 0 Å². The molecule has 11 heavy (non-hydrogen) atoms. The summed E-state index contributed by atoms with van der Waals surface area (Å²) in [6.07, 6.45) is 1.12.